The molecule has 0 aromatic carbocycles. The Balaban J connectivity index is 2.00. The zero-order chi connectivity index (χ0) is 11.6. The van der Waals surface area contributed by atoms with Gasteiger partial charge in [-0.05, 0) is 38.3 Å². The molecule has 4 heteroatoms. The Morgan fingerprint density at radius 3 is 2.69 bits per heavy atom. The van der Waals surface area contributed by atoms with Crippen molar-refractivity contribution >= 4 is 5.91 Å². The number of carbonyl (C=O) groups is 1. The highest BCUT2D eigenvalue weighted by Crippen LogP contribution is 2.22. The summed E-state index contributed by atoms with van der Waals surface area (Å²) in [7, 11) is 0. The van der Waals surface area contributed by atoms with Crippen LogP contribution in [0.5, 0.6) is 0 Å². The van der Waals surface area contributed by atoms with Gasteiger partial charge in [0, 0.05) is 12.1 Å². The van der Waals surface area contributed by atoms with Crippen molar-refractivity contribution in [2.75, 3.05) is 19.6 Å². The van der Waals surface area contributed by atoms with E-state index < -0.39 is 0 Å². The fourth-order valence-corrected chi connectivity index (χ4v) is 2.73. The molecule has 0 saturated carbocycles. The predicted molar refractivity (Wildman–Crippen MR) is 64.2 cm³/mol. The summed E-state index contributed by atoms with van der Waals surface area (Å²) in [6.07, 6.45) is 3.16. The fourth-order valence-electron chi connectivity index (χ4n) is 2.73. The van der Waals surface area contributed by atoms with Gasteiger partial charge in [-0.25, -0.2) is 0 Å². The summed E-state index contributed by atoms with van der Waals surface area (Å²) in [5.74, 6) is 0.734. The molecule has 1 amide bonds. The minimum absolute atomic E-state index is 0.00634. The Morgan fingerprint density at radius 1 is 1.38 bits per heavy atom. The molecule has 4 nitrogen and oxygen atoms in total. The van der Waals surface area contributed by atoms with Gasteiger partial charge >= 0.3 is 0 Å². The molecule has 0 bridgehead atoms. The first-order valence-corrected chi connectivity index (χ1v) is 6.37. The molecule has 92 valence electrons. The molecule has 2 aliphatic rings. The maximum Gasteiger partial charge on any atom is 0.237 e. The van der Waals surface area contributed by atoms with Crippen molar-refractivity contribution in [1.29, 1.82) is 0 Å². The van der Waals surface area contributed by atoms with Gasteiger partial charge in [-0.2, -0.15) is 0 Å². The van der Waals surface area contributed by atoms with E-state index in [2.05, 4.69) is 29.8 Å². The average molecular weight is 225 g/mol. The Bertz CT molecular complexity index is 259. The minimum atomic E-state index is 0.00634. The Hall–Kier alpha value is -0.610. The number of piperazine rings is 1. The second kappa shape index (κ2) is 4.72. The third kappa shape index (κ3) is 2.55. The molecule has 0 aromatic rings. The van der Waals surface area contributed by atoms with Crippen molar-refractivity contribution in [3.8, 4) is 0 Å². The maximum absolute atomic E-state index is 11.8. The molecule has 0 aliphatic carbocycles. The van der Waals surface area contributed by atoms with Gasteiger partial charge in [-0.3, -0.25) is 10.1 Å². The molecular weight excluding hydrogens is 202 g/mol. The van der Waals surface area contributed by atoms with Gasteiger partial charge in [0.2, 0.25) is 5.91 Å². The van der Waals surface area contributed by atoms with Crippen molar-refractivity contribution in [2.24, 2.45) is 5.92 Å². The average Bonchev–Trinajstić information content (AvgIpc) is 2.24. The van der Waals surface area contributed by atoms with Crippen LogP contribution in [0.25, 0.3) is 0 Å². The lowest BCUT2D eigenvalue weighted by Crippen LogP contribution is -2.68. The molecule has 3 N–H and O–H groups in total. The number of piperidine rings is 1. The second-order valence-corrected chi connectivity index (χ2v) is 5.57. The van der Waals surface area contributed by atoms with E-state index in [1.165, 1.54) is 0 Å². The van der Waals surface area contributed by atoms with E-state index in [1.807, 2.05) is 0 Å². The van der Waals surface area contributed by atoms with Crippen LogP contribution in [0, 0.1) is 5.92 Å². The third-order valence-electron chi connectivity index (χ3n) is 3.67. The number of nitrogens with one attached hydrogen (secondary N) is 3. The zero-order valence-corrected chi connectivity index (χ0v) is 10.3. The molecule has 2 fully saturated rings. The molecule has 2 rings (SSSR count). The van der Waals surface area contributed by atoms with Crippen molar-refractivity contribution in [3.63, 3.8) is 0 Å². The molecule has 0 radical (unpaired) electrons. The van der Waals surface area contributed by atoms with Crippen LogP contribution < -0.4 is 16.0 Å². The largest absolute Gasteiger partial charge is 0.353 e. The number of hydrogen-bond donors (Lipinski definition) is 3. The van der Waals surface area contributed by atoms with Crippen molar-refractivity contribution < 1.29 is 4.79 Å². The summed E-state index contributed by atoms with van der Waals surface area (Å²) in [6, 6.07) is 0.00634. The van der Waals surface area contributed by atoms with Crippen LogP contribution in [-0.4, -0.2) is 37.1 Å². The van der Waals surface area contributed by atoms with Gasteiger partial charge in [0.05, 0.1) is 6.04 Å². The first-order chi connectivity index (χ1) is 7.61. The monoisotopic (exact) mass is 225 g/mol. The first kappa shape index (κ1) is 11.9. The van der Waals surface area contributed by atoms with Gasteiger partial charge in [-0.15, -0.1) is 0 Å². The quantitative estimate of drug-likeness (QED) is 0.631. The molecule has 16 heavy (non-hydrogen) atoms. The highest BCUT2D eigenvalue weighted by atomic mass is 16.2. The predicted octanol–water partition coefficient (Wildman–Crippen LogP) is 0.243. The summed E-state index contributed by atoms with van der Waals surface area (Å²) >= 11 is 0. The van der Waals surface area contributed by atoms with E-state index in [1.54, 1.807) is 0 Å². The van der Waals surface area contributed by atoms with Gasteiger partial charge in [0.15, 0.2) is 0 Å². The Morgan fingerprint density at radius 2 is 2.06 bits per heavy atom. The number of carbonyl (C=O) groups excluding carboxylic acids is 1. The summed E-state index contributed by atoms with van der Waals surface area (Å²) < 4.78 is 0. The molecule has 2 saturated heterocycles. The lowest BCUT2D eigenvalue weighted by molar-refractivity contribution is -0.127. The smallest absolute Gasteiger partial charge is 0.237 e. The summed E-state index contributed by atoms with van der Waals surface area (Å²) in [6.45, 7) is 7.23. The summed E-state index contributed by atoms with van der Waals surface area (Å²) in [5.41, 5.74) is 0.152. The van der Waals surface area contributed by atoms with Gasteiger partial charge in [0.25, 0.3) is 0 Å². The maximum atomic E-state index is 11.8. The number of rotatable bonds is 2. The van der Waals surface area contributed by atoms with E-state index >= 15 is 0 Å². The van der Waals surface area contributed by atoms with Crippen LogP contribution in [0.3, 0.4) is 0 Å². The van der Waals surface area contributed by atoms with E-state index in [9.17, 15) is 4.79 Å². The highest BCUT2D eigenvalue weighted by molar-refractivity contribution is 5.82. The van der Waals surface area contributed by atoms with Crippen LogP contribution in [0.1, 0.15) is 33.1 Å². The SMILES string of the molecule is CC(C)C[C@H]1NC2(CCNCC2)CNC1=O. The minimum Gasteiger partial charge on any atom is -0.353 e. The molecule has 2 aliphatic heterocycles. The van der Waals surface area contributed by atoms with Gasteiger partial charge in [-0.1, -0.05) is 13.8 Å². The standard InChI is InChI=1S/C12H23N3O/c1-9(2)7-10-11(16)14-8-12(15-10)3-5-13-6-4-12/h9-10,13,15H,3-8H2,1-2H3,(H,14,16)/t10-/m1/s1. The number of amides is 1. The lowest BCUT2D eigenvalue weighted by atomic mass is 9.84. The summed E-state index contributed by atoms with van der Waals surface area (Å²) in [4.78, 5) is 11.8. The lowest BCUT2D eigenvalue weighted by Gasteiger charge is -2.45. The summed E-state index contributed by atoms with van der Waals surface area (Å²) in [5, 5.41) is 10.0. The fraction of sp³-hybridized carbons (Fsp3) is 0.917. The molecule has 1 spiro atoms. The van der Waals surface area contributed by atoms with Crippen LogP contribution in [0.15, 0.2) is 0 Å². The second-order valence-electron chi connectivity index (χ2n) is 5.57. The third-order valence-corrected chi connectivity index (χ3v) is 3.67. The zero-order valence-electron chi connectivity index (χ0n) is 10.3. The Labute approximate surface area is 97.6 Å². The molecule has 0 aromatic heterocycles. The van der Waals surface area contributed by atoms with E-state index in [0.29, 0.717) is 5.92 Å². The van der Waals surface area contributed by atoms with Crippen LogP contribution >= 0.6 is 0 Å². The highest BCUT2D eigenvalue weighted by Gasteiger charge is 2.40. The van der Waals surface area contributed by atoms with Crippen LogP contribution in [0.2, 0.25) is 0 Å². The molecular formula is C12H23N3O. The van der Waals surface area contributed by atoms with Crippen molar-refractivity contribution in [3.05, 3.63) is 0 Å². The molecule has 2 heterocycles. The van der Waals surface area contributed by atoms with Gasteiger partial charge < -0.3 is 10.6 Å². The van der Waals surface area contributed by atoms with E-state index in [-0.39, 0.29) is 17.5 Å². The van der Waals surface area contributed by atoms with Crippen LogP contribution in [-0.2, 0) is 4.79 Å². The van der Waals surface area contributed by atoms with Crippen LogP contribution in [0.4, 0.5) is 0 Å². The van der Waals surface area contributed by atoms with Crippen molar-refractivity contribution in [1.82, 2.24) is 16.0 Å². The van der Waals surface area contributed by atoms with E-state index in [4.69, 9.17) is 0 Å². The van der Waals surface area contributed by atoms with Crippen molar-refractivity contribution in [2.45, 2.75) is 44.7 Å². The molecule has 0 unspecified atom stereocenters. The Kier molecular flexibility index (Phi) is 3.50. The van der Waals surface area contributed by atoms with E-state index in [0.717, 1.165) is 38.9 Å². The van der Waals surface area contributed by atoms with Gasteiger partial charge in [0.1, 0.15) is 0 Å². The topological polar surface area (TPSA) is 53.2 Å². The molecule has 1 atom stereocenters. The normalized spacial score (nSPS) is 29.4. The number of hydrogen-bond acceptors (Lipinski definition) is 3. The first-order valence-electron chi connectivity index (χ1n) is 6.37.